The third kappa shape index (κ3) is 3.94. The van der Waals surface area contributed by atoms with E-state index in [2.05, 4.69) is 169 Å². The van der Waals surface area contributed by atoms with Crippen LogP contribution in [0.2, 0.25) is 0 Å². The van der Waals surface area contributed by atoms with Gasteiger partial charge in [-0.15, -0.1) is 0 Å². The van der Waals surface area contributed by atoms with E-state index < -0.39 is 0 Å². The number of hydrogen-bond acceptors (Lipinski definition) is 1. The Hall–Kier alpha value is -5.40. The van der Waals surface area contributed by atoms with Crippen molar-refractivity contribution in [3.05, 3.63) is 164 Å². The van der Waals surface area contributed by atoms with Crippen molar-refractivity contribution < 1.29 is 0 Å². The summed E-state index contributed by atoms with van der Waals surface area (Å²) in [4.78, 5) is 2.40. The van der Waals surface area contributed by atoms with Crippen LogP contribution in [-0.4, -0.2) is 0 Å². The molecule has 0 amide bonds. The Morgan fingerprint density at radius 2 is 0.780 bits per heavy atom. The number of fused-ring (bicyclic) bond motifs is 7. The van der Waals surface area contributed by atoms with Crippen molar-refractivity contribution in [3.63, 3.8) is 0 Å². The number of anilines is 3. The molecule has 1 nitrogen and oxygen atoms in total. The first-order valence-corrected chi connectivity index (χ1v) is 14.1. The highest BCUT2D eigenvalue weighted by molar-refractivity contribution is 6.25. The summed E-state index contributed by atoms with van der Waals surface area (Å²) < 4.78 is 0. The summed E-state index contributed by atoms with van der Waals surface area (Å²) in [5.74, 6) is 0. The van der Waals surface area contributed by atoms with Crippen LogP contribution >= 0.6 is 0 Å². The Morgan fingerprint density at radius 3 is 1.46 bits per heavy atom. The standard InChI is InChI=1S/C40H27N/c1-2-11-28(12-3-1)29-21-23-31(24-22-29)41(40-20-10-14-30-13-4-5-15-33(30)40)32-25-26-38-36-18-7-6-16-34(36)35-17-8-9-19-37(35)39(38)27-32/h1-27H. The lowest BCUT2D eigenvalue weighted by molar-refractivity contribution is 1.30. The Kier molecular flexibility index (Phi) is 5.53. The van der Waals surface area contributed by atoms with Crippen molar-refractivity contribution in [2.45, 2.75) is 0 Å². The van der Waals surface area contributed by atoms with Gasteiger partial charge in [0.05, 0.1) is 5.69 Å². The second-order valence-corrected chi connectivity index (χ2v) is 10.6. The van der Waals surface area contributed by atoms with Gasteiger partial charge < -0.3 is 4.90 Å². The van der Waals surface area contributed by atoms with E-state index in [0.717, 1.165) is 11.4 Å². The summed E-state index contributed by atoms with van der Waals surface area (Å²) in [6.45, 7) is 0. The van der Waals surface area contributed by atoms with Crippen LogP contribution in [0.5, 0.6) is 0 Å². The van der Waals surface area contributed by atoms with Crippen LogP contribution in [0.4, 0.5) is 17.1 Å². The largest absolute Gasteiger partial charge is 0.310 e. The highest BCUT2D eigenvalue weighted by Gasteiger charge is 2.17. The summed E-state index contributed by atoms with van der Waals surface area (Å²) in [5.41, 5.74) is 5.87. The van der Waals surface area contributed by atoms with Gasteiger partial charge in [-0.3, -0.25) is 0 Å². The molecule has 0 saturated carbocycles. The highest BCUT2D eigenvalue weighted by atomic mass is 15.1. The van der Waals surface area contributed by atoms with Gasteiger partial charge in [0.25, 0.3) is 0 Å². The first kappa shape index (κ1) is 23.5. The monoisotopic (exact) mass is 521 g/mol. The maximum atomic E-state index is 2.40. The second-order valence-electron chi connectivity index (χ2n) is 10.6. The number of rotatable bonds is 4. The Morgan fingerprint density at radius 1 is 0.293 bits per heavy atom. The number of nitrogens with zero attached hydrogens (tertiary/aromatic N) is 1. The summed E-state index contributed by atoms with van der Waals surface area (Å²) in [7, 11) is 0. The second kappa shape index (κ2) is 9.66. The quantitative estimate of drug-likeness (QED) is 0.208. The summed E-state index contributed by atoms with van der Waals surface area (Å²) in [6.07, 6.45) is 0. The summed E-state index contributed by atoms with van der Waals surface area (Å²) in [5, 5.41) is 10.2. The minimum atomic E-state index is 1.13. The van der Waals surface area contributed by atoms with Crippen molar-refractivity contribution in [2.75, 3.05) is 4.90 Å². The first-order chi connectivity index (χ1) is 20.3. The maximum Gasteiger partial charge on any atom is 0.0540 e. The molecule has 0 aliphatic carbocycles. The zero-order valence-electron chi connectivity index (χ0n) is 22.5. The van der Waals surface area contributed by atoms with E-state index >= 15 is 0 Å². The van der Waals surface area contributed by atoms with Gasteiger partial charge in [0.1, 0.15) is 0 Å². The Bertz CT molecular complexity index is 2150. The molecular formula is C40H27N. The molecule has 0 aliphatic rings. The van der Waals surface area contributed by atoms with Gasteiger partial charge >= 0.3 is 0 Å². The molecule has 0 radical (unpaired) electrons. The third-order valence-corrected chi connectivity index (χ3v) is 8.23. The average molecular weight is 522 g/mol. The van der Waals surface area contributed by atoms with Crippen LogP contribution in [0.25, 0.3) is 54.2 Å². The molecule has 0 aromatic heterocycles. The van der Waals surface area contributed by atoms with Gasteiger partial charge in [-0.1, -0.05) is 133 Å². The fourth-order valence-electron chi connectivity index (χ4n) is 6.30. The molecule has 41 heavy (non-hydrogen) atoms. The number of benzene rings is 8. The maximum absolute atomic E-state index is 2.40. The van der Waals surface area contributed by atoms with Crippen molar-refractivity contribution in [2.24, 2.45) is 0 Å². The third-order valence-electron chi connectivity index (χ3n) is 8.23. The van der Waals surface area contributed by atoms with Crippen molar-refractivity contribution >= 4 is 60.2 Å². The molecule has 0 bridgehead atoms. The Balaban J connectivity index is 1.39. The molecule has 0 saturated heterocycles. The SMILES string of the molecule is c1ccc(-c2ccc(N(c3ccc4c5ccccc5c5ccccc5c4c3)c3cccc4ccccc34)cc2)cc1. The van der Waals surface area contributed by atoms with Crippen molar-refractivity contribution in [1.82, 2.24) is 0 Å². The van der Waals surface area contributed by atoms with E-state index in [1.54, 1.807) is 0 Å². The highest BCUT2D eigenvalue weighted by Crippen LogP contribution is 2.43. The molecule has 8 rings (SSSR count). The van der Waals surface area contributed by atoms with Crippen molar-refractivity contribution in [3.8, 4) is 11.1 Å². The zero-order valence-corrected chi connectivity index (χ0v) is 22.5. The molecule has 0 N–H and O–H groups in total. The number of hydrogen-bond donors (Lipinski definition) is 0. The van der Waals surface area contributed by atoms with E-state index in [9.17, 15) is 0 Å². The summed E-state index contributed by atoms with van der Waals surface area (Å²) in [6, 6.07) is 59.2. The first-order valence-electron chi connectivity index (χ1n) is 14.1. The van der Waals surface area contributed by atoms with Crippen LogP contribution in [0.3, 0.4) is 0 Å². The Labute approximate surface area is 239 Å². The topological polar surface area (TPSA) is 3.24 Å². The molecule has 0 fully saturated rings. The summed E-state index contributed by atoms with van der Waals surface area (Å²) >= 11 is 0. The average Bonchev–Trinajstić information content (AvgIpc) is 3.06. The molecule has 192 valence electrons. The van der Waals surface area contributed by atoms with E-state index in [0.29, 0.717) is 0 Å². The lowest BCUT2D eigenvalue weighted by atomic mass is 9.94. The lowest BCUT2D eigenvalue weighted by Crippen LogP contribution is -2.10. The van der Waals surface area contributed by atoms with Crippen LogP contribution in [-0.2, 0) is 0 Å². The lowest BCUT2D eigenvalue weighted by Gasteiger charge is -2.27. The van der Waals surface area contributed by atoms with E-state index in [1.165, 1.54) is 59.9 Å². The predicted octanol–water partition coefficient (Wildman–Crippen LogP) is 11.4. The van der Waals surface area contributed by atoms with Gasteiger partial charge in [-0.2, -0.15) is 0 Å². The van der Waals surface area contributed by atoms with Gasteiger partial charge in [0, 0.05) is 16.8 Å². The van der Waals surface area contributed by atoms with Gasteiger partial charge in [0.15, 0.2) is 0 Å². The van der Waals surface area contributed by atoms with E-state index in [1.807, 2.05) is 0 Å². The minimum absolute atomic E-state index is 1.13. The molecule has 8 aromatic rings. The van der Waals surface area contributed by atoms with Gasteiger partial charge in [-0.05, 0) is 79.2 Å². The van der Waals surface area contributed by atoms with E-state index in [4.69, 9.17) is 0 Å². The van der Waals surface area contributed by atoms with Crippen molar-refractivity contribution in [1.29, 1.82) is 0 Å². The molecule has 0 heterocycles. The fraction of sp³-hybridized carbons (Fsp3) is 0. The van der Waals surface area contributed by atoms with Crippen LogP contribution in [0.15, 0.2) is 164 Å². The predicted molar refractivity (Wildman–Crippen MR) is 177 cm³/mol. The molecule has 0 spiro atoms. The van der Waals surface area contributed by atoms with Crippen LogP contribution in [0, 0.1) is 0 Å². The normalized spacial score (nSPS) is 11.4. The molecule has 0 aliphatic heterocycles. The van der Waals surface area contributed by atoms with Crippen LogP contribution in [0.1, 0.15) is 0 Å². The van der Waals surface area contributed by atoms with Crippen LogP contribution < -0.4 is 4.90 Å². The molecule has 0 atom stereocenters. The fourth-order valence-corrected chi connectivity index (χ4v) is 6.30. The minimum Gasteiger partial charge on any atom is -0.310 e. The molecular weight excluding hydrogens is 494 g/mol. The smallest absolute Gasteiger partial charge is 0.0540 e. The van der Waals surface area contributed by atoms with Gasteiger partial charge in [0.2, 0.25) is 0 Å². The molecule has 8 aromatic carbocycles. The molecule has 0 unspecified atom stereocenters. The molecule has 1 heteroatoms. The van der Waals surface area contributed by atoms with E-state index in [-0.39, 0.29) is 0 Å². The van der Waals surface area contributed by atoms with Gasteiger partial charge in [-0.25, -0.2) is 0 Å². The zero-order chi connectivity index (χ0) is 27.2.